The molecule has 0 spiro atoms. The molecule has 1 atom stereocenters. The lowest BCUT2D eigenvalue weighted by Gasteiger charge is -2.18. The van der Waals surface area contributed by atoms with Gasteiger partial charge in [-0.25, -0.2) is 0 Å². The van der Waals surface area contributed by atoms with E-state index in [0.29, 0.717) is 19.5 Å². The number of amides is 2. The van der Waals surface area contributed by atoms with E-state index in [1.54, 1.807) is 4.90 Å². The van der Waals surface area contributed by atoms with Crippen LogP contribution in [-0.2, 0) is 9.59 Å². The van der Waals surface area contributed by atoms with Crippen molar-refractivity contribution in [1.82, 2.24) is 5.32 Å². The Bertz CT molecular complexity index is 491. The van der Waals surface area contributed by atoms with Crippen LogP contribution in [0.3, 0.4) is 0 Å². The molecular formula is C15H20N2O2. The van der Waals surface area contributed by atoms with Crippen LogP contribution in [0.2, 0.25) is 0 Å². The van der Waals surface area contributed by atoms with Gasteiger partial charge in [-0.05, 0) is 44.0 Å². The number of aryl methyl sites for hydroxylation is 2. The number of carbonyl (C=O) groups excluding carboxylic acids is 2. The maximum Gasteiger partial charge on any atom is 0.227 e. The van der Waals surface area contributed by atoms with Crippen molar-refractivity contribution >= 4 is 17.5 Å². The lowest BCUT2D eigenvalue weighted by molar-refractivity contribution is -0.126. The number of benzene rings is 1. The predicted octanol–water partition coefficient (Wildman–Crippen LogP) is 1.79. The molecule has 0 saturated carbocycles. The number of hydrogen-bond donors (Lipinski definition) is 1. The van der Waals surface area contributed by atoms with Gasteiger partial charge in [0.2, 0.25) is 11.8 Å². The molecule has 0 aromatic heterocycles. The molecule has 1 heterocycles. The van der Waals surface area contributed by atoms with Crippen LogP contribution in [0.5, 0.6) is 0 Å². The molecule has 2 rings (SSSR count). The van der Waals surface area contributed by atoms with Gasteiger partial charge in [-0.15, -0.1) is 0 Å². The van der Waals surface area contributed by atoms with Crippen LogP contribution in [0.1, 0.15) is 24.5 Å². The number of rotatable bonds is 3. The van der Waals surface area contributed by atoms with Crippen molar-refractivity contribution < 1.29 is 9.59 Å². The first-order valence-corrected chi connectivity index (χ1v) is 6.67. The lowest BCUT2D eigenvalue weighted by atomic mass is 10.1. The molecule has 0 bridgehead atoms. The van der Waals surface area contributed by atoms with E-state index in [2.05, 4.69) is 11.4 Å². The normalized spacial score (nSPS) is 18.8. The van der Waals surface area contributed by atoms with Crippen LogP contribution in [0, 0.1) is 19.8 Å². The Kier molecular flexibility index (Phi) is 3.88. The average molecular weight is 260 g/mol. The zero-order valence-corrected chi connectivity index (χ0v) is 11.7. The van der Waals surface area contributed by atoms with Crippen molar-refractivity contribution in [2.75, 3.05) is 18.0 Å². The third-order valence-corrected chi connectivity index (χ3v) is 3.36. The first-order chi connectivity index (χ1) is 9.01. The van der Waals surface area contributed by atoms with E-state index in [0.717, 1.165) is 16.8 Å². The summed E-state index contributed by atoms with van der Waals surface area (Å²) in [4.78, 5) is 25.6. The van der Waals surface area contributed by atoms with E-state index in [4.69, 9.17) is 0 Å². The molecule has 4 heteroatoms. The smallest absolute Gasteiger partial charge is 0.227 e. The number of hydrogen-bond acceptors (Lipinski definition) is 2. The zero-order chi connectivity index (χ0) is 14.0. The first kappa shape index (κ1) is 13.6. The number of nitrogens with one attached hydrogen (secondary N) is 1. The van der Waals surface area contributed by atoms with Crippen molar-refractivity contribution in [2.24, 2.45) is 5.92 Å². The van der Waals surface area contributed by atoms with Crippen LogP contribution in [0.25, 0.3) is 0 Å². The fourth-order valence-corrected chi connectivity index (χ4v) is 2.56. The zero-order valence-electron chi connectivity index (χ0n) is 11.7. The Hall–Kier alpha value is -1.84. The van der Waals surface area contributed by atoms with E-state index >= 15 is 0 Å². The standard InChI is InChI=1S/C15H20N2O2/c1-4-16-15(19)12-8-14(18)17(9-12)13-6-10(2)5-11(3)7-13/h5-7,12H,4,8-9H2,1-3H3,(H,16,19)/t12-/m0/s1. The number of carbonyl (C=O) groups is 2. The maximum atomic E-state index is 12.1. The summed E-state index contributed by atoms with van der Waals surface area (Å²) in [5, 5.41) is 2.78. The van der Waals surface area contributed by atoms with E-state index in [9.17, 15) is 9.59 Å². The highest BCUT2D eigenvalue weighted by Gasteiger charge is 2.34. The first-order valence-electron chi connectivity index (χ1n) is 6.67. The third kappa shape index (κ3) is 2.95. The Morgan fingerprint density at radius 2 is 1.95 bits per heavy atom. The van der Waals surface area contributed by atoms with E-state index in [1.807, 2.05) is 32.9 Å². The minimum absolute atomic E-state index is 0.0253. The van der Waals surface area contributed by atoms with Crippen LogP contribution in [-0.4, -0.2) is 24.9 Å². The van der Waals surface area contributed by atoms with E-state index < -0.39 is 0 Å². The van der Waals surface area contributed by atoms with Gasteiger partial charge in [-0.1, -0.05) is 6.07 Å². The van der Waals surface area contributed by atoms with Crippen molar-refractivity contribution in [1.29, 1.82) is 0 Å². The van der Waals surface area contributed by atoms with Crippen molar-refractivity contribution in [3.05, 3.63) is 29.3 Å². The molecule has 4 nitrogen and oxygen atoms in total. The maximum absolute atomic E-state index is 12.1. The highest BCUT2D eigenvalue weighted by Crippen LogP contribution is 2.26. The van der Waals surface area contributed by atoms with Gasteiger partial charge in [0, 0.05) is 25.2 Å². The van der Waals surface area contributed by atoms with Crippen LogP contribution >= 0.6 is 0 Å². The third-order valence-electron chi connectivity index (χ3n) is 3.36. The van der Waals surface area contributed by atoms with E-state index in [-0.39, 0.29) is 17.7 Å². The van der Waals surface area contributed by atoms with E-state index in [1.165, 1.54) is 0 Å². The largest absolute Gasteiger partial charge is 0.356 e. The highest BCUT2D eigenvalue weighted by molar-refractivity contribution is 6.00. The number of anilines is 1. The summed E-state index contributed by atoms with van der Waals surface area (Å²) in [5.41, 5.74) is 3.16. The molecule has 1 aromatic rings. The summed E-state index contributed by atoms with van der Waals surface area (Å²) in [6, 6.07) is 6.06. The van der Waals surface area contributed by atoms with Gasteiger partial charge in [0.15, 0.2) is 0 Å². The quantitative estimate of drug-likeness (QED) is 0.900. The molecule has 1 aliphatic heterocycles. The monoisotopic (exact) mass is 260 g/mol. The van der Waals surface area contributed by atoms with Crippen molar-refractivity contribution in [3.63, 3.8) is 0 Å². The molecule has 1 saturated heterocycles. The number of nitrogens with zero attached hydrogens (tertiary/aromatic N) is 1. The molecule has 0 radical (unpaired) electrons. The van der Waals surface area contributed by atoms with Gasteiger partial charge in [-0.2, -0.15) is 0 Å². The predicted molar refractivity (Wildman–Crippen MR) is 75.1 cm³/mol. The molecule has 1 aromatic carbocycles. The van der Waals surface area contributed by atoms with Crippen LogP contribution in [0.4, 0.5) is 5.69 Å². The molecule has 0 aliphatic carbocycles. The molecule has 19 heavy (non-hydrogen) atoms. The summed E-state index contributed by atoms with van der Waals surface area (Å²) >= 11 is 0. The summed E-state index contributed by atoms with van der Waals surface area (Å²) < 4.78 is 0. The van der Waals surface area contributed by atoms with Gasteiger partial charge in [0.25, 0.3) is 0 Å². The minimum atomic E-state index is -0.228. The van der Waals surface area contributed by atoms with Gasteiger partial charge in [0.1, 0.15) is 0 Å². The Morgan fingerprint density at radius 3 is 2.53 bits per heavy atom. The van der Waals surface area contributed by atoms with Gasteiger partial charge in [-0.3, -0.25) is 9.59 Å². The second-order valence-electron chi connectivity index (χ2n) is 5.15. The molecule has 2 amide bonds. The highest BCUT2D eigenvalue weighted by atomic mass is 16.2. The Labute approximate surface area is 113 Å². The second kappa shape index (κ2) is 5.43. The van der Waals surface area contributed by atoms with Crippen LogP contribution in [0.15, 0.2) is 18.2 Å². The molecule has 102 valence electrons. The average Bonchev–Trinajstić information content (AvgIpc) is 2.70. The molecule has 1 N–H and O–H groups in total. The summed E-state index contributed by atoms with van der Waals surface area (Å²) in [6.45, 7) is 6.99. The summed E-state index contributed by atoms with van der Waals surface area (Å²) in [6.07, 6.45) is 0.304. The van der Waals surface area contributed by atoms with Gasteiger partial charge >= 0.3 is 0 Å². The SMILES string of the molecule is CCNC(=O)[C@H]1CC(=O)N(c2cc(C)cc(C)c2)C1. The Balaban J connectivity index is 2.18. The molecular weight excluding hydrogens is 240 g/mol. The minimum Gasteiger partial charge on any atom is -0.356 e. The van der Waals surface area contributed by atoms with Gasteiger partial charge in [0.05, 0.1) is 5.92 Å². The molecule has 1 fully saturated rings. The topological polar surface area (TPSA) is 49.4 Å². The Morgan fingerprint density at radius 1 is 1.32 bits per heavy atom. The molecule has 0 unspecified atom stereocenters. The van der Waals surface area contributed by atoms with Crippen molar-refractivity contribution in [2.45, 2.75) is 27.2 Å². The van der Waals surface area contributed by atoms with Crippen molar-refractivity contribution in [3.8, 4) is 0 Å². The fourth-order valence-electron chi connectivity index (χ4n) is 2.56. The molecule has 1 aliphatic rings. The fraction of sp³-hybridized carbons (Fsp3) is 0.467. The van der Waals surface area contributed by atoms with Crippen LogP contribution < -0.4 is 10.2 Å². The second-order valence-corrected chi connectivity index (χ2v) is 5.15. The van der Waals surface area contributed by atoms with Gasteiger partial charge < -0.3 is 10.2 Å². The lowest BCUT2D eigenvalue weighted by Crippen LogP contribution is -2.32. The summed E-state index contributed by atoms with van der Waals surface area (Å²) in [5.74, 6) is -0.225. The summed E-state index contributed by atoms with van der Waals surface area (Å²) in [7, 11) is 0.